The molecule has 2 N–H and O–H groups in total. The topological polar surface area (TPSA) is 66.4 Å². The highest BCUT2D eigenvalue weighted by Crippen LogP contribution is 2.29. The average molecular weight is 353 g/mol. The van der Waals surface area contributed by atoms with Crippen molar-refractivity contribution < 1.29 is 14.7 Å². The lowest BCUT2D eigenvalue weighted by Gasteiger charge is -2.31. The third kappa shape index (κ3) is 8.84. The highest BCUT2D eigenvalue weighted by molar-refractivity contribution is 5.76. The van der Waals surface area contributed by atoms with E-state index >= 15 is 0 Å². The second kappa shape index (κ2) is 11.7. The van der Waals surface area contributed by atoms with Crippen LogP contribution in [-0.2, 0) is 9.59 Å². The number of carbonyl (C=O) groups excluding carboxylic acids is 2. The fraction of sp³-hybridized carbons (Fsp3) is 0.905. The van der Waals surface area contributed by atoms with Gasteiger partial charge < -0.3 is 10.4 Å². The van der Waals surface area contributed by atoms with E-state index in [1.807, 2.05) is 13.8 Å². The van der Waals surface area contributed by atoms with Crippen molar-refractivity contribution >= 4 is 12.2 Å². The molecule has 0 aliphatic heterocycles. The van der Waals surface area contributed by atoms with Crippen LogP contribution < -0.4 is 5.32 Å². The predicted octanol–water partition coefficient (Wildman–Crippen LogP) is 4.01. The maximum absolute atomic E-state index is 12.3. The number of aliphatic hydroxyl groups is 1. The summed E-state index contributed by atoms with van der Waals surface area (Å²) in [6.45, 7) is 8.16. The molecule has 0 aromatic heterocycles. The molecular weight excluding hydrogens is 314 g/mol. The Balaban J connectivity index is 2.67. The summed E-state index contributed by atoms with van der Waals surface area (Å²) < 4.78 is 0. The van der Waals surface area contributed by atoms with Crippen LogP contribution in [0.5, 0.6) is 0 Å². The quantitative estimate of drug-likeness (QED) is 0.590. The van der Waals surface area contributed by atoms with Gasteiger partial charge in [-0.1, -0.05) is 59.8 Å². The van der Waals surface area contributed by atoms with Gasteiger partial charge >= 0.3 is 0 Å². The molecule has 0 spiro atoms. The van der Waals surface area contributed by atoms with Crippen LogP contribution in [0.3, 0.4) is 0 Å². The molecule has 3 atom stereocenters. The SMILES string of the molecule is CC(C)CCC(=O)N[C@@H](CC1CCCCC1)[C@@H](O)C[C@H]([C]=O)C(C)C. The first-order chi connectivity index (χ1) is 11.8. The molecule has 1 rings (SSSR count). The number of carbonyl (C=O) groups is 1. The van der Waals surface area contributed by atoms with Crippen molar-refractivity contribution in [2.45, 2.75) is 97.6 Å². The van der Waals surface area contributed by atoms with Crippen LogP contribution in [0.4, 0.5) is 0 Å². The van der Waals surface area contributed by atoms with Crippen LogP contribution >= 0.6 is 0 Å². The summed E-state index contributed by atoms with van der Waals surface area (Å²) in [6.07, 6.45) is 10.1. The Morgan fingerprint density at radius 1 is 1.16 bits per heavy atom. The van der Waals surface area contributed by atoms with E-state index in [9.17, 15) is 14.7 Å². The lowest BCUT2D eigenvalue weighted by atomic mass is 9.81. The minimum absolute atomic E-state index is 0.0183. The molecule has 0 unspecified atom stereocenters. The monoisotopic (exact) mass is 352 g/mol. The molecule has 4 nitrogen and oxygen atoms in total. The average Bonchev–Trinajstić information content (AvgIpc) is 2.57. The lowest BCUT2D eigenvalue weighted by Crippen LogP contribution is -2.45. The molecule has 0 bridgehead atoms. The van der Waals surface area contributed by atoms with Gasteiger partial charge in [0.15, 0.2) is 0 Å². The van der Waals surface area contributed by atoms with Gasteiger partial charge in [-0.05, 0) is 37.0 Å². The summed E-state index contributed by atoms with van der Waals surface area (Å²) in [4.78, 5) is 23.5. The van der Waals surface area contributed by atoms with Crippen LogP contribution in [0.2, 0.25) is 0 Å². The summed E-state index contributed by atoms with van der Waals surface area (Å²) in [6, 6.07) is -0.252. The summed E-state index contributed by atoms with van der Waals surface area (Å²) in [5, 5.41) is 13.8. The van der Waals surface area contributed by atoms with Crippen molar-refractivity contribution in [2.75, 3.05) is 0 Å². The van der Waals surface area contributed by atoms with Gasteiger partial charge in [0.1, 0.15) is 0 Å². The summed E-state index contributed by atoms with van der Waals surface area (Å²) >= 11 is 0. The maximum Gasteiger partial charge on any atom is 0.220 e. The lowest BCUT2D eigenvalue weighted by molar-refractivity contribution is -0.123. The first-order valence-corrected chi connectivity index (χ1v) is 10.2. The Bertz CT molecular complexity index is 389. The molecular formula is C21H38NO3. The van der Waals surface area contributed by atoms with Gasteiger partial charge in [-0.25, -0.2) is 0 Å². The Morgan fingerprint density at radius 2 is 1.80 bits per heavy atom. The highest BCUT2D eigenvalue weighted by Gasteiger charge is 2.29. The Labute approximate surface area is 154 Å². The fourth-order valence-electron chi connectivity index (χ4n) is 3.67. The third-order valence-corrected chi connectivity index (χ3v) is 5.52. The van der Waals surface area contributed by atoms with Gasteiger partial charge in [-0.2, -0.15) is 0 Å². The number of aliphatic hydroxyl groups excluding tert-OH is 1. The van der Waals surface area contributed by atoms with Crippen molar-refractivity contribution in [1.82, 2.24) is 5.32 Å². The van der Waals surface area contributed by atoms with Crippen LogP contribution in [0, 0.1) is 23.7 Å². The standard InChI is InChI=1S/C21H38NO3/c1-15(2)10-11-21(25)22-19(12-17-8-6-5-7-9-17)20(24)13-18(14-23)16(3)4/h15-20,24H,5-13H2,1-4H3,(H,22,25)/t18-,19+,20+/m1/s1. The first kappa shape index (κ1) is 22.1. The van der Waals surface area contributed by atoms with E-state index in [2.05, 4.69) is 25.5 Å². The molecule has 1 aliphatic rings. The Kier molecular flexibility index (Phi) is 10.3. The second-order valence-electron chi connectivity index (χ2n) is 8.62. The Morgan fingerprint density at radius 3 is 2.32 bits per heavy atom. The van der Waals surface area contributed by atoms with Crippen molar-refractivity contribution in [2.24, 2.45) is 23.7 Å². The third-order valence-electron chi connectivity index (χ3n) is 5.52. The van der Waals surface area contributed by atoms with E-state index in [0.29, 0.717) is 24.7 Å². The van der Waals surface area contributed by atoms with E-state index in [1.54, 1.807) is 0 Å². The van der Waals surface area contributed by atoms with Gasteiger partial charge in [0, 0.05) is 12.3 Å². The fourth-order valence-corrected chi connectivity index (χ4v) is 3.67. The van der Waals surface area contributed by atoms with Crippen molar-refractivity contribution in [3.63, 3.8) is 0 Å². The zero-order valence-corrected chi connectivity index (χ0v) is 16.6. The largest absolute Gasteiger partial charge is 0.391 e. The van der Waals surface area contributed by atoms with Crippen molar-refractivity contribution in [3.05, 3.63) is 0 Å². The molecule has 1 saturated carbocycles. The van der Waals surface area contributed by atoms with Crippen LogP contribution in [0.1, 0.15) is 85.5 Å². The van der Waals surface area contributed by atoms with Gasteiger partial charge in [-0.15, -0.1) is 0 Å². The van der Waals surface area contributed by atoms with Gasteiger partial charge in [-0.3, -0.25) is 9.59 Å². The number of amides is 1. The Hall–Kier alpha value is -0.900. The molecule has 1 amide bonds. The summed E-state index contributed by atoms with van der Waals surface area (Å²) in [5.41, 5.74) is 0. The molecule has 1 aliphatic carbocycles. The minimum atomic E-state index is -0.682. The molecule has 1 fully saturated rings. The first-order valence-electron chi connectivity index (χ1n) is 10.2. The van der Waals surface area contributed by atoms with Crippen molar-refractivity contribution in [1.29, 1.82) is 0 Å². The summed E-state index contributed by atoms with van der Waals surface area (Å²) in [7, 11) is 0. The second-order valence-corrected chi connectivity index (χ2v) is 8.62. The number of hydrogen-bond donors (Lipinski definition) is 2. The smallest absolute Gasteiger partial charge is 0.220 e. The van der Waals surface area contributed by atoms with Crippen molar-refractivity contribution in [3.8, 4) is 0 Å². The van der Waals surface area contributed by atoms with E-state index in [1.165, 1.54) is 32.1 Å². The van der Waals surface area contributed by atoms with Gasteiger partial charge in [0.05, 0.1) is 12.1 Å². The number of hydrogen-bond acceptors (Lipinski definition) is 3. The van der Waals surface area contributed by atoms with E-state index < -0.39 is 6.10 Å². The minimum Gasteiger partial charge on any atom is -0.391 e. The molecule has 0 aromatic rings. The maximum atomic E-state index is 12.3. The van der Waals surface area contributed by atoms with E-state index in [4.69, 9.17) is 0 Å². The molecule has 25 heavy (non-hydrogen) atoms. The van der Waals surface area contributed by atoms with Gasteiger partial charge in [0.2, 0.25) is 12.2 Å². The zero-order chi connectivity index (χ0) is 18.8. The molecule has 0 saturated heterocycles. The molecule has 0 heterocycles. The molecule has 1 radical (unpaired) electrons. The van der Waals surface area contributed by atoms with Crippen LogP contribution in [0.25, 0.3) is 0 Å². The van der Waals surface area contributed by atoms with E-state index in [0.717, 1.165) is 12.8 Å². The number of rotatable bonds is 11. The van der Waals surface area contributed by atoms with Crippen LogP contribution in [0.15, 0.2) is 0 Å². The predicted molar refractivity (Wildman–Crippen MR) is 102 cm³/mol. The molecule has 0 aromatic carbocycles. The van der Waals surface area contributed by atoms with E-state index in [-0.39, 0.29) is 23.8 Å². The summed E-state index contributed by atoms with van der Waals surface area (Å²) in [5.74, 6) is 0.944. The van der Waals surface area contributed by atoms with Gasteiger partial charge in [0.25, 0.3) is 0 Å². The molecule has 4 heteroatoms. The number of nitrogens with one attached hydrogen (secondary N) is 1. The highest BCUT2D eigenvalue weighted by atomic mass is 16.3. The van der Waals surface area contributed by atoms with Crippen LogP contribution in [-0.4, -0.2) is 29.4 Å². The normalized spacial score (nSPS) is 19.6. The molecule has 145 valence electrons. The zero-order valence-electron chi connectivity index (χ0n) is 16.6.